The van der Waals surface area contributed by atoms with Crippen LogP contribution in [0.15, 0.2) is 29.0 Å². The fourth-order valence-corrected chi connectivity index (χ4v) is 3.96. The van der Waals surface area contributed by atoms with Crippen LogP contribution in [-0.2, 0) is 10.0 Å². The highest BCUT2D eigenvalue weighted by Crippen LogP contribution is 2.24. The Morgan fingerprint density at radius 1 is 1.59 bits per heavy atom. The summed E-state index contributed by atoms with van der Waals surface area (Å²) in [6.45, 7) is 5.73. The molecule has 0 fully saturated rings. The van der Waals surface area contributed by atoms with Gasteiger partial charge in [0.15, 0.2) is 0 Å². The Hall–Kier alpha value is -1.18. The van der Waals surface area contributed by atoms with E-state index in [9.17, 15) is 13.2 Å². The molecule has 1 aromatic heterocycles. The molecule has 7 heteroatoms. The molecule has 0 bridgehead atoms. The number of rotatable bonds is 6. The summed E-state index contributed by atoms with van der Waals surface area (Å²) < 4.78 is 25.4. The Labute approximate surface area is 104 Å². The van der Waals surface area contributed by atoms with Crippen LogP contribution >= 0.6 is 11.3 Å². The first kappa shape index (κ1) is 13.9. The molecular formula is C10H13NO4S2. The Morgan fingerprint density at radius 3 is 2.65 bits per heavy atom. The van der Waals surface area contributed by atoms with Crippen molar-refractivity contribution >= 4 is 27.3 Å². The molecule has 0 atom stereocenters. The second-order valence-electron chi connectivity index (χ2n) is 3.17. The van der Waals surface area contributed by atoms with Crippen LogP contribution in [0.25, 0.3) is 0 Å². The number of hydrogen-bond acceptors (Lipinski definition) is 4. The number of carbonyl (C=O) groups is 1. The molecule has 1 rings (SSSR count). The lowest BCUT2D eigenvalue weighted by atomic mass is 10.5. The summed E-state index contributed by atoms with van der Waals surface area (Å²) in [6, 6.07) is 2.61. The predicted octanol–water partition coefficient (Wildman–Crippen LogP) is 1.64. The van der Waals surface area contributed by atoms with E-state index in [0.29, 0.717) is 6.54 Å². The molecule has 1 heterocycles. The summed E-state index contributed by atoms with van der Waals surface area (Å²) in [5.41, 5.74) is 0. The predicted molar refractivity (Wildman–Crippen MR) is 65.9 cm³/mol. The zero-order chi connectivity index (χ0) is 13.1. The standard InChI is InChI=1S/C10H13NO4S2/c1-3-7-11(4-2)17(14,15)9-6-5-8(16-9)10(12)13/h3,5-6H,1,4,7H2,2H3,(H,12,13). The third kappa shape index (κ3) is 2.93. The zero-order valence-corrected chi connectivity index (χ0v) is 10.9. The summed E-state index contributed by atoms with van der Waals surface area (Å²) in [5.74, 6) is -1.12. The van der Waals surface area contributed by atoms with Gasteiger partial charge in [0.05, 0.1) is 0 Å². The summed E-state index contributed by atoms with van der Waals surface area (Å²) in [4.78, 5) is 10.7. The van der Waals surface area contributed by atoms with Crippen LogP contribution in [0.5, 0.6) is 0 Å². The van der Waals surface area contributed by atoms with Gasteiger partial charge in [-0.1, -0.05) is 13.0 Å². The average Bonchev–Trinajstić information content (AvgIpc) is 2.75. The molecule has 1 N–H and O–H groups in total. The summed E-state index contributed by atoms with van der Waals surface area (Å²) in [7, 11) is -3.61. The van der Waals surface area contributed by atoms with E-state index in [1.807, 2.05) is 0 Å². The number of nitrogens with zero attached hydrogens (tertiary/aromatic N) is 1. The van der Waals surface area contributed by atoms with Gasteiger partial charge in [-0.15, -0.1) is 17.9 Å². The van der Waals surface area contributed by atoms with E-state index < -0.39 is 16.0 Å². The lowest BCUT2D eigenvalue weighted by Crippen LogP contribution is -2.30. The highest BCUT2D eigenvalue weighted by molar-refractivity contribution is 7.91. The van der Waals surface area contributed by atoms with Crippen molar-refractivity contribution in [3.8, 4) is 0 Å². The van der Waals surface area contributed by atoms with Crippen LogP contribution in [0.3, 0.4) is 0 Å². The van der Waals surface area contributed by atoms with Crippen molar-refractivity contribution in [1.82, 2.24) is 4.31 Å². The van der Waals surface area contributed by atoms with E-state index in [1.54, 1.807) is 6.92 Å². The first-order valence-electron chi connectivity index (χ1n) is 4.87. The number of hydrogen-bond donors (Lipinski definition) is 1. The molecule has 0 radical (unpaired) electrons. The highest BCUT2D eigenvalue weighted by atomic mass is 32.2. The lowest BCUT2D eigenvalue weighted by Gasteiger charge is -2.17. The van der Waals surface area contributed by atoms with Crippen molar-refractivity contribution in [2.75, 3.05) is 13.1 Å². The second kappa shape index (κ2) is 5.44. The van der Waals surface area contributed by atoms with Crippen molar-refractivity contribution < 1.29 is 18.3 Å². The number of carboxylic acids is 1. The molecular weight excluding hydrogens is 262 g/mol. The van der Waals surface area contributed by atoms with E-state index in [0.717, 1.165) is 11.3 Å². The minimum Gasteiger partial charge on any atom is -0.477 e. The quantitative estimate of drug-likeness (QED) is 0.801. The number of likely N-dealkylation sites (N-methyl/N-ethyl adjacent to an activating group) is 1. The normalized spacial score (nSPS) is 11.6. The fraction of sp³-hybridized carbons (Fsp3) is 0.300. The van der Waals surface area contributed by atoms with Crippen LogP contribution < -0.4 is 0 Å². The molecule has 17 heavy (non-hydrogen) atoms. The van der Waals surface area contributed by atoms with Gasteiger partial charge >= 0.3 is 5.97 Å². The smallest absolute Gasteiger partial charge is 0.345 e. The van der Waals surface area contributed by atoms with Crippen molar-refractivity contribution in [2.24, 2.45) is 0 Å². The van der Waals surface area contributed by atoms with Gasteiger partial charge in [0.1, 0.15) is 9.09 Å². The van der Waals surface area contributed by atoms with Gasteiger partial charge in [-0.25, -0.2) is 13.2 Å². The van der Waals surface area contributed by atoms with E-state index in [2.05, 4.69) is 6.58 Å². The molecule has 0 saturated heterocycles. The van der Waals surface area contributed by atoms with Crippen molar-refractivity contribution in [3.05, 3.63) is 29.7 Å². The fourth-order valence-electron chi connectivity index (χ4n) is 1.24. The van der Waals surface area contributed by atoms with Crippen LogP contribution in [0.2, 0.25) is 0 Å². The average molecular weight is 275 g/mol. The van der Waals surface area contributed by atoms with Gasteiger partial charge in [-0.2, -0.15) is 4.31 Å². The maximum Gasteiger partial charge on any atom is 0.345 e. The summed E-state index contributed by atoms with van der Waals surface area (Å²) in [5, 5.41) is 8.75. The van der Waals surface area contributed by atoms with E-state index >= 15 is 0 Å². The molecule has 5 nitrogen and oxygen atoms in total. The van der Waals surface area contributed by atoms with E-state index in [-0.39, 0.29) is 15.6 Å². The van der Waals surface area contributed by atoms with E-state index in [1.165, 1.54) is 22.5 Å². The number of sulfonamides is 1. The van der Waals surface area contributed by atoms with Crippen LogP contribution in [0.4, 0.5) is 0 Å². The molecule has 0 aliphatic carbocycles. The molecule has 0 spiro atoms. The SMILES string of the molecule is C=CCN(CC)S(=O)(=O)c1ccc(C(=O)O)s1. The van der Waals surface area contributed by atoms with Crippen molar-refractivity contribution in [1.29, 1.82) is 0 Å². The number of carboxylic acid groups (broad SMARTS) is 1. The number of thiophene rings is 1. The molecule has 0 aromatic carbocycles. The van der Waals surface area contributed by atoms with Gasteiger partial charge in [0.2, 0.25) is 0 Å². The molecule has 0 aliphatic rings. The highest BCUT2D eigenvalue weighted by Gasteiger charge is 2.24. The number of aromatic carboxylic acids is 1. The molecule has 0 unspecified atom stereocenters. The van der Waals surface area contributed by atoms with Crippen molar-refractivity contribution in [3.63, 3.8) is 0 Å². The third-order valence-electron chi connectivity index (χ3n) is 2.07. The first-order chi connectivity index (χ1) is 7.93. The molecule has 0 amide bonds. The van der Waals surface area contributed by atoms with Gasteiger partial charge in [-0.3, -0.25) is 0 Å². The summed E-state index contributed by atoms with van der Waals surface area (Å²) >= 11 is 0.754. The monoisotopic (exact) mass is 275 g/mol. The summed E-state index contributed by atoms with van der Waals surface area (Å²) in [6.07, 6.45) is 1.49. The zero-order valence-electron chi connectivity index (χ0n) is 9.29. The Balaban J connectivity index is 3.11. The lowest BCUT2D eigenvalue weighted by molar-refractivity contribution is 0.0702. The second-order valence-corrected chi connectivity index (χ2v) is 6.42. The van der Waals surface area contributed by atoms with Crippen LogP contribution in [-0.4, -0.2) is 36.9 Å². The Morgan fingerprint density at radius 2 is 2.24 bits per heavy atom. The third-order valence-corrected chi connectivity index (χ3v) is 5.55. The van der Waals surface area contributed by atoms with Crippen LogP contribution in [0.1, 0.15) is 16.6 Å². The Kier molecular flexibility index (Phi) is 4.44. The van der Waals surface area contributed by atoms with Crippen LogP contribution in [0, 0.1) is 0 Å². The molecule has 1 aromatic rings. The topological polar surface area (TPSA) is 74.7 Å². The van der Waals surface area contributed by atoms with E-state index in [4.69, 9.17) is 5.11 Å². The Bertz CT molecular complexity index is 518. The maximum atomic E-state index is 12.1. The minimum absolute atomic E-state index is 0.0123. The molecule has 94 valence electrons. The molecule has 0 aliphatic heterocycles. The van der Waals surface area contributed by atoms with Gasteiger partial charge < -0.3 is 5.11 Å². The largest absolute Gasteiger partial charge is 0.477 e. The van der Waals surface area contributed by atoms with Gasteiger partial charge in [0.25, 0.3) is 10.0 Å². The van der Waals surface area contributed by atoms with Gasteiger partial charge in [-0.05, 0) is 12.1 Å². The minimum atomic E-state index is -3.61. The maximum absolute atomic E-state index is 12.1. The van der Waals surface area contributed by atoms with Crippen molar-refractivity contribution in [2.45, 2.75) is 11.1 Å². The first-order valence-corrected chi connectivity index (χ1v) is 7.13. The van der Waals surface area contributed by atoms with Gasteiger partial charge in [0, 0.05) is 13.1 Å². The molecule has 0 saturated carbocycles.